The third-order valence-corrected chi connectivity index (χ3v) is 2.99. The lowest BCUT2D eigenvalue weighted by atomic mass is 10.1. The first kappa shape index (κ1) is 12.3. The van der Waals surface area contributed by atoms with Gasteiger partial charge in [0.05, 0.1) is 5.02 Å². The molecule has 0 saturated heterocycles. The second-order valence-electron chi connectivity index (χ2n) is 4.16. The zero-order valence-corrected chi connectivity index (χ0v) is 10.2. The minimum atomic E-state index is 0.183. The van der Waals surface area contributed by atoms with Gasteiger partial charge in [-0.15, -0.1) is 0 Å². The highest BCUT2D eigenvalue weighted by Crippen LogP contribution is 2.26. The number of hydrogen-bond acceptors (Lipinski definition) is 2. The van der Waals surface area contributed by atoms with Gasteiger partial charge in [-0.05, 0) is 18.9 Å². The summed E-state index contributed by atoms with van der Waals surface area (Å²) in [7, 11) is 0. The van der Waals surface area contributed by atoms with E-state index in [1.54, 1.807) is 6.07 Å². The van der Waals surface area contributed by atoms with Crippen molar-refractivity contribution in [2.24, 2.45) is 5.92 Å². The Kier molecular flexibility index (Phi) is 4.43. The lowest BCUT2D eigenvalue weighted by Crippen LogP contribution is -2.30. The molecule has 15 heavy (non-hydrogen) atoms. The average Bonchev–Trinajstić information content (AvgIpc) is 2.19. The molecule has 0 saturated carbocycles. The summed E-state index contributed by atoms with van der Waals surface area (Å²) in [5, 5.41) is 13.4. The average molecular weight is 228 g/mol. The molecule has 2 nitrogen and oxygen atoms in total. The molecule has 1 rings (SSSR count). The molecule has 2 N–H and O–H groups in total. The number of phenolic OH excluding ortho intramolecular Hbond substituents is 1. The van der Waals surface area contributed by atoms with E-state index in [4.69, 9.17) is 11.6 Å². The van der Waals surface area contributed by atoms with Gasteiger partial charge in [0.25, 0.3) is 0 Å². The summed E-state index contributed by atoms with van der Waals surface area (Å²) >= 11 is 5.81. The van der Waals surface area contributed by atoms with Crippen LogP contribution in [0.15, 0.2) is 18.2 Å². The highest BCUT2D eigenvalue weighted by molar-refractivity contribution is 6.32. The van der Waals surface area contributed by atoms with Crippen LogP contribution in [-0.4, -0.2) is 11.1 Å². The van der Waals surface area contributed by atoms with Gasteiger partial charge in [0, 0.05) is 18.2 Å². The number of halogens is 1. The summed E-state index contributed by atoms with van der Waals surface area (Å²) in [6.45, 7) is 7.10. The predicted octanol–water partition coefficient (Wildman–Crippen LogP) is 3.18. The van der Waals surface area contributed by atoms with Crippen molar-refractivity contribution in [2.75, 3.05) is 0 Å². The molecule has 1 aromatic carbocycles. The minimum absolute atomic E-state index is 0.183. The van der Waals surface area contributed by atoms with Crippen LogP contribution in [-0.2, 0) is 6.54 Å². The molecule has 0 aliphatic carbocycles. The van der Waals surface area contributed by atoms with Gasteiger partial charge >= 0.3 is 0 Å². The highest BCUT2D eigenvalue weighted by atomic mass is 35.5. The van der Waals surface area contributed by atoms with E-state index in [0.29, 0.717) is 23.5 Å². The van der Waals surface area contributed by atoms with E-state index in [1.807, 2.05) is 12.1 Å². The summed E-state index contributed by atoms with van der Waals surface area (Å²) in [4.78, 5) is 0. The van der Waals surface area contributed by atoms with E-state index in [2.05, 4.69) is 26.1 Å². The number of benzene rings is 1. The minimum Gasteiger partial charge on any atom is -0.506 e. The standard InChI is InChI=1S/C12H18ClNO/c1-8(2)9(3)14-7-10-5-4-6-11(13)12(10)15/h4-6,8-9,14-15H,7H2,1-3H3. The van der Waals surface area contributed by atoms with Crippen LogP contribution in [0.1, 0.15) is 26.3 Å². The van der Waals surface area contributed by atoms with Crippen molar-refractivity contribution in [3.8, 4) is 5.75 Å². The number of para-hydroxylation sites is 1. The van der Waals surface area contributed by atoms with E-state index >= 15 is 0 Å². The largest absolute Gasteiger partial charge is 0.506 e. The number of phenols is 1. The SMILES string of the molecule is CC(C)C(C)NCc1cccc(Cl)c1O. The molecule has 0 aliphatic rings. The van der Waals surface area contributed by atoms with Crippen molar-refractivity contribution in [2.45, 2.75) is 33.4 Å². The maximum Gasteiger partial charge on any atom is 0.138 e. The summed E-state index contributed by atoms with van der Waals surface area (Å²) in [5.74, 6) is 0.758. The van der Waals surface area contributed by atoms with Crippen molar-refractivity contribution in [3.63, 3.8) is 0 Å². The van der Waals surface area contributed by atoms with E-state index in [0.717, 1.165) is 5.56 Å². The molecule has 1 aromatic rings. The van der Waals surface area contributed by atoms with Crippen LogP contribution < -0.4 is 5.32 Å². The smallest absolute Gasteiger partial charge is 0.138 e. The highest BCUT2D eigenvalue weighted by Gasteiger charge is 2.09. The molecule has 3 heteroatoms. The molecule has 0 aliphatic heterocycles. The monoisotopic (exact) mass is 227 g/mol. The number of nitrogens with one attached hydrogen (secondary N) is 1. The van der Waals surface area contributed by atoms with Crippen LogP contribution in [0.3, 0.4) is 0 Å². The molecule has 0 bridgehead atoms. The van der Waals surface area contributed by atoms with Crippen LogP contribution >= 0.6 is 11.6 Å². The fraction of sp³-hybridized carbons (Fsp3) is 0.500. The van der Waals surface area contributed by atoms with Crippen molar-refractivity contribution >= 4 is 11.6 Å². The summed E-state index contributed by atoms with van der Waals surface area (Å²) in [5.41, 5.74) is 0.843. The Morgan fingerprint density at radius 1 is 1.33 bits per heavy atom. The number of hydrogen-bond donors (Lipinski definition) is 2. The topological polar surface area (TPSA) is 32.3 Å². The van der Waals surface area contributed by atoms with Gasteiger partial charge in [-0.3, -0.25) is 0 Å². The van der Waals surface area contributed by atoms with Crippen molar-refractivity contribution in [3.05, 3.63) is 28.8 Å². The third kappa shape index (κ3) is 3.40. The van der Waals surface area contributed by atoms with Gasteiger partial charge < -0.3 is 10.4 Å². The third-order valence-electron chi connectivity index (χ3n) is 2.68. The van der Waals surface area contributed by atoms with Crippen LogP contribution in [0, 0.1) is 5.92 Å². The summed E-state index contributed by atoms with van der Waals surface area (Å²) in [6.07, 6.45) is 0. The molecular weight excluding hydrogens is 210 g/mol. The Bertz CT molecular complexity index is 325. The van der Waals surface area contributed by atoms with E-state index in [1.165, 1.54) is 0 Å². The predicted molar refractivity (Wildman–Crippen MR) is 64.3 cm³/mol. The Morgan fingerprint density at radius 3 is 2.60 bits per heavy atom. The van der Waals surface area contributed by atoms with Crippen LogP contribution in [0.2, 0.25) is 5.02 Å². The molecule has 84 valence electrons. The molecule has 0 amide bonds. The Balaban J connectivity index is 2.62. The molecule has 1 atom stereocenters. The first-order valence-corrected chi connectivity index (χ1v) is 5.60. The van der Waals surface area contributed by atoms with Gasteiger partial charge in [-0.25, -0.2) is 0 Å². The second-order valence-corrected chi connectivity index (χ2v) is 4.57. The van der Waals surface area contributed by atoms with Gasteiger partial charge in [0.15, 0.2) is 0 Å². The quantitative estimate of drug-likeness (QED) is 0.828. The van der Waals surface area contributed by atoms with Crippen LogP contribution in [0.4, 0.5) is 0 Å². The van der Waals surface area contributed by atoms with Gasteiger partial charge in [0.1, 0.15) is 5.75 Å². The second kappa shape index (κ2) is 5.38. The molecule has 1 unspecified atom stereocenters. The van der Waals surface area contributed by atoms with E-state index in [9.17, 15) is 5.11 Å². The Morgan fingerprint density at radius 2 is 2.00 bits per heavy atom. The zero-order chi connectivity index (χ0) is 11.4. The Labute approximate surface area is 96.3 Å². The van der Waals surface area contributed by atoms with Gasteiger partial charge in [-0.2, -0.15) is 0 Å². The van der Waals surface area contributed by atoms with Gasteiger partial charge in [-0.1, -0.05) is 37.6 Å². The van der Waals surface area contributed by atoms with Crippen molar-refractivity contribution in [1.82, 2.24) is 5.32 Å². The lowest BCUT2D eigenvalue weighted by molar-refractivity contribution is 0.415. The fourth-order valence-corrected chi connectivity index (χ4v) is 1.40. The molecule has 0 heterocycles. The summed E-state index contributed by atoms with van der Waals surface area (Å²) < 4.78 is 0. The van der Waals surface area contributed by atoms with Crippen molar-refractivity contribution < 1.29 is 5.11 Å². The lowest BCUT2D eigenvalue weighted by Gasteiger charge is -2.17. The van der Waals surface area contributed by atoms with Gasteiger partial charge in [0.2, 0.25) is 0 Å². The maximum atomic E-state index is 9.68. The first-order chi connectivity index (χ1) is 7.02. The van der Waals surface area contributed by atoms with E-state index in [-0.39, 0.29) is 5.75 Å². The molecule has 0 fully saturated rings. The maximum absolute atomic E-state index is 9.68. The zero-order valence-electron chi connectivity index (χ0n) is 9.42. The molecule has 0 aromatic heterocycles. The first-order valence-electron chi connectivity index (χ1n) is 5.22. The fourth-order valence-electron chi connectivity index (χ4n) is 1.21. The molecular formula is C12H18ClNO. The molecule has 0 spiro atoms. The van der Waals surface area contributed by atoms with Crippen molar-refractivity contribution in [1.29, 1.82) is 0 Å². The van der Waals surface area contributed by atoms with Crippen LogP contribution in [0.5, 0.6) is 5.75 Å². The van der Waals surface area contributed by atoms with E-state index < -0.39 is 0 Å². The summed E-state index contributed by atoms with van der Waals surface area (Å²) in [6, 6.07) is 5.83. The molecule has 0 radical (unpaired) electrons. The number of aromatic hydroxyl groups is 1. The normalized spacial score (nSPS) is 13.1. The van der Waals surface area contributed by atoms with Crippen LogP contribution in [0.25, 0.3) is 0 Å². The number of rotatable bonds is 4. The Hall–Kier alpha value is -0.730.